The summed E-state index contributed by atoms with van der Waals surface area (Å²) in [4.78, 5) is 20.6. The molecule has 1 aliphatic rings. The molecule has 0 atom stereocenters. The van der Waals surface area contributed by atoms with Crippen LogP contribution in [0.3, 0.4) is 0 Å². The van der Waals surface area contributed by atoms with E-state index in [9.17, 15) is 4.79 Å². The first-order valence-corrected chi connectivity index (χ1v) is 8.27. The van der Waals surface area contributed by atoms with E-state index < -0.39 is 0 Å². The van der Waals surface area contributed by atoms with Gasteiger partial charge in [0.15, 0.2) is 0 Å². The summed E-state index contributed by atoms with van der Waals surface area (Å²) in [6.07, 6.45) is 1.68. The second kappa shape index (κ2) is 6.93. The minimum atomic E-state index is 0.161. The third kappa shape index (κ3) is 3.66. The highest BCUT2D eigenvalue weighted by Crippen LogP contribution is 2.15. The maximum absolute atomic E-state index is 12.2. The fraction of sp³-hybridized carbons (Fsp3) is 0.400. The Hall–Kier alpha value is -1.86. The van der Waals surface area contributed by atoms with Gasteiger partial charge in [0.1, 0.15) is 6.33 Å². The Labute approximate surface area is 134 Å². The summed E-state index contributed by atoms with van der Waals surface area (Å²) >= 11 is 1.39. The molecule has 2 aromatic rings. The number of carbonyl (C=O) groups is 1. The molecular formula is C15H19N5OS. The number of carbonyl (C=O) groups excluding carboxylic acids is 1. The maximum atomic E-state index is 12.2. The van der Waals surface area contributed by atoms with Gasteiger partial charge >= 0.3 is 0 Å². The Bertz CT molecular complexity index is 622. The number of piperazine rings is 1. The molecule has 0 N–H and O–H groups in total. The molecule has 1 aliphatic heterocycles. The summed E-state index contributed by atoms with van der Waals surface area (Å²) in [6, 6.07) is 9.82. The van der Waals surface area contributed by atoms with Crippen LogP contribution in [0.15, 0.2) is 41.8 Å². The number of rotatable bonds is 4. The van der Waals surface area contributed by atoms with Gasteiger partial charge in [0, 0.05) is 26.2 Å². The lowest BCUT2D eigenvalue weighted by Gasteiger charge is -2.32. The molecule has 6 nitrogen and oxygen atoms in total. The fourth-order valence-electron chi connectivity index (χ4n) is 2.29. The molecule has 7 heteroatoms. The van der Waals surface area contributed by atoms with Crippen LogP contribution < -0.4 is 0 Å². The molecule has 116 valence electrons. The van der Waals surface area contributed by atoms with Crippen LogP contribution in [0.1, 0.15) is 0 Å². The maximum Gasteiger partial charge on any atom is 0.233 e. The van der Waals surface area contributed by atoms with E-state index in [-0.39, 0.29) is 5.91 Å². The zero-order valence-corrected chi connectivity index (χ0v) is 13.4. The van der Waals surface area contributed by atoms with E-state index in [2.05, 4.69) is 22.0 Å². The third-order valence-electron chi connectivity index (χ3n) is 3.67. The molecule has 0 saturated carbocycles. The van der Waals surface area contributed by atoms with Crippen molar-refractivity contribution in [2.24, 2.45) is 0 Å². The molecule has 0 spiro atoms. The van der Waals surface area contributed by atoms with E-state index in [0.717, 1.165) is 31.9 Å². The monoisotopic (exact) mass is 317 g/mol. The molecule has 1 aromatic carbocycles. The molecule has 2 heterocycles. The SMILES string of the molecule is CN1CCN(C(=O)CSc2ncn(-c3ccccc3)n2)CC1. The number of hydrogen-bond acceptors (Lipinski definition) is 5. The van der Waals surface area contributed by atoms with Crippen LogP contribution in [0.2, 0.25) is 0 Å². The van der Waals surface area contributed by atoms with Crippen molar-refractivity contribution >= 4 is 17.7 Å². The van der Waals surface area contributed by atoms with E-state index in [0.29, 0.717) is 10.9 Å². The van der Waals surface area contributed by atoms with E-state index in [4.69, 9.17) is 0 Å². The average molecular weight is 317 g/mol. The van der Waals surface area contributed by atoms with Crippen LogP contribution in [0, 0.1) is 0 Å². The minimum Gasteiger partial charge on any atom is -0.339 e. The summed E-state index contributed by atoms with van der Waals surface area (Å²) in [6.45, 7) is 3.50. The molecule has 0 unspecified atom stereocenters. The van der Waals surface area contributed by atoms with Gasteiger partial charge in [-0.05, 0) is 19.2 Å². The predicted octanol–water partition coefficient (Wildman–Crippen LogP) is 1.13. The van der Waals surface area contributed by atoms with Crippen molar-refractivity contribution in [2.45, 2.75) is 5.16 Å². The van der Waals surface area contributed by atoms with Crippen LogP contribution in [-0.2, 0) is 4.79 Å². The van der Waals surface area contributed by atoms with Crippen LogP contribution in [0.5, 0.6) is 0 Å². The standard InChI is InChI=1S/C15H19N5OS/c1-18-7-9-19(10-8-18)14(21)11-22-15-16-12-20(17-15)13-5-3-2-4-6-13/h2-6,12H,7-11H2,1H3. The second-order valence-electron chi connectivity index (χ2n) is 5.28. The van der Waals surface area contributed by atoms with Gasteiger partial charge in [-0.1, -0.05) is 30.0 Å². The fourth-order valence-corrected chi connectivity index (χ4v) is 3.00. The van der Waals surface area contributed by atoms with E-state index in [1.165, 1.54) is 11.8 Å². The van der Waals surface area contributed by atoms with Crippen molar-refractivity contribution < 1.29 is 4.79 Å². The third-order valence-corrected chi connectivity index (χ3v) is 4.51. The van der Waals surface area contributed by atoms with Gasteiger partial charge in [-0.2, -0.15) is 0 Å². The average Bonchev–Trinajstić information content (AvgIpc) is 3.03. The van der Waals surface area contributed by atoms with Crippen molar-refractivity contribution in [1.82, 2.24) is 24.6 Å². The van der Waals surface area contributed by atoms with E-state index in [1.54, 1.807) is 11.0 Å². The first-order valence-electron chi connectivity index (χ1n) is 7.28. The predicted molar refractivity (Wildman–Crippen MR) is 86.2 cm³/mol. The largest absolute Gasteiger partial charge is 0.339 e. The molecule has 22 heavy (non-hydrogen) atoms. The van der Waals surface area contributed by atoms with Crippen LogP contribution in [-0.4, -0.2) is 69.5 Å². The Morgan fingerprint density at radius 3 is 2.64 bits per heavy atom. The zero-order valence-electron chi connectivity index (χ0n) is 12.6. The number of thioether (sulfide) groups is 1. The zero-order chi connectivity index (χ0) is 15.4. The van der Waals surface area contributed by atoms with Gasteiger partial charge in [0.05, 0.1) is 11.4 Å². The Morgan fingerprint density at radius 2 is 1.91 bits per heavy atom. The topological polar surface area (TPSA) is 54.3 Å². The molecular weight excluding hydrogens is 298 g/mol. The number of para-hydroxylation sites is 1. The van der Waals surface area contributed by atoms with Crippen molar-refractivity contribution in [3.8, 4) is 5.69 Å². The highest BCUT2D eigenvalue weighted by atomic mass is 32.2. The summed E-state index contributed by atoms with van der Waals surface area (Å²) < 4.78 is 1.72. The number of benzene rings is 1. The van der Waals surface area contributed by atoms with Gasteiger partial charge in [0.2, 0.25) is 11.1 Å². The highest BCUT2D eigenvalue weighted by Gasteiger charge is 2.19. The number of amides is 1. The van der Waals surface area contributed by atoms with Crippen molar-refractivity contribution in [2.75, 3.05) is 39.0 Å². The summed E-state index contributed by atoms with van der Waals surface area (Å²) in [7, 11) is 2.08. The van der Waals surface area contributed by atoms with Crippen LogP contribution in [0.4, 0.5) is 0 Å². The van der Waals surface area contributed by atoms with E-state index >= 15 is 0 Å². The van der Waals surface area contributed by atoms with Crippen LogP contribution >= 0.6 is 11.8 Å². The summed E-state index contributed by atoms with van der Waals surface area (Å²) in [5, 5.41) is 5.03. The van der Waals surface area contributed by atoms with E-state index in [1.807, 2.05) is 35.2 Å². The molecule has 1 aromatic heterocycles. The van der Waals surface area contributed by atoms with Gasteiger partial charge in [0.25, 0.3) is 0 Å². The number of nitrogens with zero attached hydrogens (tertiary/aromatic N) is 5. The van der Waals surface area contributed by atoms with Gasteiger partial charge < -0.3 is 9.80 Å². The van der Waals surface area contributed by atoms with Gasteiger partial charge in [-0.15, -0.1) is 5.10 Å². The Balaban J connectivity index is 1.54. The molecule has 0 radical (unpaired) electrons. The molecule has 0 aliphatic carbocycles. The molecule has 1 saturated heterocycles. The van der Waals surface area contributed by atoms with Gasteiger partial charge in [-0.3, -0.25) is 4.79 Å². The first kappa shape index (κ1) is 15.1. The molecule has 3 rings (SSSR count). The quantitative estimate of drug-likeness (QED) is 0.792. The van der Waals surface area contributed by atoms with Crippen LogP contribution in [0.25, 0.3) is 5.69 Å². The van der Waals surface area contributed by atoms with Gasteiger partial charge in [-0.25, -0.2) is 9.67 Å². The lowest BCUT2D eigenvalue weighted by molar-refractivity contribution is -0.129. The first-order chi connectivity index (χ1) is 10.7. The van der Waals surface area contributed by atoms with Crippen molar-refractivity contribution in [3.63, 3.8) is 0 Å². The number of hydrogen-bond donors (Lipinski definition) is 0. The lowest BCUT2D eigenvalue weighted by Crippen LogP contribution is -2.47. The summed E-state index contributed by atoms with van der Waals surface area (Å²) in [5.41, 5.74) is 0.965. The normalized spacial score (nSPS) is 16.0. The Kier molecular flexibility index (Phi) is 4.74. The number of aromatic nitrogens is 3. The number of likely N-dealkylation sites (N-methyl/N-ethyl adjacent to an activating group) is 1. The highest BCUT2D eigenvalue weighted by molar-refractivity contribution is 7.99. The molecule has 1 fully saturated rings. The second-order valence-corrected chi connectivity index (χ2v) is 6.22. The minimum absolute atomic E-state index is 0.161. The summed E-state index contributed by atoms with van der Waals surface area (Å²) in [5.74, 6) is 0.553. The lowest BCUT2D eigenvalue weighted by atomic mass is 10.3. The Morgan fingerprint density at radius 1 is 1.18 bits per heavy atom. The smallest absolute Gasteiger partial charge is 0.233 e. The molecule has 0 bridgehead atoms. The molecule has 1 amide bonds. The van der Waals surface area contributed by atoms with Crippen molar-refractivity contribution in [1.29, 1.82) is 0 Å². The van der Waals surface area contributed by atoms with Crippen molar-refractivity contribution in [3.05, 3.63) is 36.7 Å².